The van der Waals surface area contributed by atoms with Crippen molar-refractivity contribution in [1.82, 2.24) is 4.90 Å². The molecule has 1 aliphatic rings. The SMILES string of the molecule is CN(C)[C@@H]1C=CCC[C@]1(C)[C@@H](O)c1ccccc1. The summed E-state index contributed by atoms with van der Waals surface area (Å²) in [5.41, 5.74) is 0.890. The summed E-state index contributed by atoms with van der Waals surface area (Å²) in [6.07, 6.45) is 6.10. The predicted octanol–water partition coefficient (Wildman–Crippen LogP) is 3.01. The smallest absolute Gasteiger partial charge is 0.0861 e. The topological polar surface area (TPSA) is 23.5 Å². The van der Waals surface area contributed by atoms with Crippen molar-refractivity contribution in [3.8, 4) is 0 Å². The van der Waals surface area contributed by atoms with Crippen molar-refractivity contribution in [3.63, 3.8) is 0 Å². The Labute approximate surface area is 110 Å². The van der Waals surface area contributed by atoms with E-state index in [1.54, 1.807) is 0 Å². The van der Waals surface area contributed by atoms with Crippen molar-refractivity contribution < 1.29 is 5.11 Å². The average molecular weight is 245 g/mol. The normalized spacial score (nSPS) is 29.5. The van der Waals surface area contributed by atoms with Gasteiger partial charge in [0.25, 0.3) is 0 Å². The first kappa shape index (κ1) is 13.3. The molecule has 3 atom stereocenters. The molecule has 2 nitrogen and oxygen atoms in total. The van der Waals surface area contributed by atoms with E-state index in [0.29, 0.717) is 0 Å². The molecule has 1 aromatic carbocycles. The molecule has 0 spiro atoms. The van der Waals surface area contributed by atoms with E-state index in [9.17, 15) is 5.11 Å². The molecule has 2 rings (SSSR count). The zero-order chi connectivity index (χ0) is 13.2. The lowest BCUT2D eigenvalue weighted by Gasteiger charge is -2.45. The number of benzene rings is 1. The Bertz CT molecular complexity index is 412. The number of rotatable bonds is 3. The van der Waals surface area contributed by atoms with Crippen molar-refractivity contribution in [1.29, 1.82) is 0 Å². The van der Waals surface area contributed by atoms with E-state index in [0.717, 1.165) is 18.4 Å². The number of nitrogens with zero attached hydrogens (tertiary/aromatic N) is 1. The van der Waals surface area contributed by atoms with Gasteiger partial charge in [-0.15, -0.1) is 0 Å². The van der Waals surface area contributed by atoms with Crippen LogP contribution in [0.2, 0.25) is 0 Å². The molecule has 98 valence electrons. The van der Waals surface area contributed by atoms with E-state index in [1.807, 2.05) is 30.3 Å². The van der Waals surface area contributed by atoms with E-state index in [1.165, 1.54) is 0 Å². The summed E-state index contributed by atoms with van der Waals surface area (Å²) in [6, 6.07) is 10.3. The van der Waals surface area contributed by atoms with Gasteiger partial charge in [-0.2, -0.15) is 0 Å². The first-order chi connectivity index (χ1) is 8.55. The van der Waals surface area contributed by atoms with Gasteiger partial charge in [-0.05, 0) is 32.5 Å². The number of likely N-dealkylation sites (N-methyl/N-ethyl adjacent to an activating group) is 1. The van der Waals surface area contributed by atoms with E-state index in [-0.39, 0.29) is 11.5 Å². The molecule has 2 heteroatoms. The first-order valence-electron chi connectivity index (χ1n) is 6.62. The number of aliphatic hydroxyl groups excluding tert-OH is 1. The molecule has 0 saturated heterocycles. The molecule has 0 heterocycles. The highest BCUT2D eigenvalue weighted by atomic mass is 16.3. The van der Waals surface area contributed by atoms with Crippen LogP contribution in [0.4, 0.5) is 0 Å². The monoisotopic (exact) mass is 245 g/mol. The molecule has 0 aromatic heterocycles. The third kappa shape index (κ3) is 2.36. The quantitative estimate of drug-likeness (QED) is 0.827. The van der Waals surface area contributed by atoms with Crippen molar-refractivity contribution in [2.75, 3.05) is 14.1 Å². The molecule has 0 unspecified atom stereocenters. The van der Waals surface area contributed by atoms with Gasteiger partial charge >= 0.3 is 0 Å². The van der Waals surface area contributed by atoms with Gasteiger partial charge in [-0.25, -0.2) is 0 Å². The Morgan fingerprint density at radius 2 is 1.94 bits per heavy atom. The molecular formula is C16H23NO. The highest BCUT2D eigenvalue weighted by Gasteiger charge is 2.42. The van der Waals surface area contributed by atoms with Crippen LogP contribution in [-0.2, 0) is 0 Å². The minimum absolute atomic E-state index is 0.125. The third-order valence-corrected chi connectivity index (χ3v) is 4.14. The van der Waals surface area contributed by atoms with E-state index in [2.05, 4.69) is 38.1 Å². The van der Waals surface area contributed by atoms with E-state index >= 15 is 0 Å². The lowest BCUT2D eigenvalue weighted by Crippen LogP contribution is -2.46. The van der Waals surface area contributed by atoms with Gasteiger partial charge in [0.1, 0.15) is 0 Å². The Balaban J connectivity index is 2.32. The minimum atomic E-state index is -0.420. The van der Waals surface area contributed by atoms with Gasteiger partial charge in [-0.3, -0.25) is 0 Å². The molecule has 18 heavy (non-hydrogen) atoms. The largest absolute Gasteiger partial charge is 0.388 e. The van der Waals surface area contributed by atoms with Crippen molar-refractivity contribution in [2.45, 2.75) is 31.9 Å². The molecule has 0 aliphatic heterocycles. The van der Waals surface area contributed by atoms with E-state index < -0.39 is 6.10 Å². The fourth-order valence-corrected chi connectivity index (χ4v) is 3.06. The Hall–Kier alpha value is -1.12. The maximum Gasteiger partial charge on any atom is 0.0861 e. The van der Waals surface area contributed by atoms with Crippen LogP contribution in [0, 0.1) is 5.41 Å². The van der Waals surface area contributed by atoms with Crippen LogP contribution in [0.15, 0.2) is 42.5 Å². The highest BCUT2D eigenvalue weighted by Crippen LogP contribution is 2.45. The molecule has 1 aliphatic carbocycles. The maximum absolute atomic E-state index is 10.8. The Morgan fingerprint density at radius 3 is 2.56 bits per heavy atom. The van der Waals surface area contributed by atoms with Crippen molar-refractivity contribution in [2.24, 2.45) is 5.41 Å². The maximum atomic E-state index is 10.8. The lowest BCUT2D eigenvalue weighted by molar-refractivity contribution is -0.0166. The molecule has 0 bridgehead atoms. The molecule has 1 aromatic rings. The molecular weight excluding hydrogens is 222 g/mol. The molecule has 0 amide bonds. The lowest BCUT2D eigenvalue weighted by atomic mass is 9.68. The van der Waals surface area contributed by atoms with Crippen LogP contribution >= 0.6 is 0 Å². The molecule has 1 N–H and O–H groups in total. The summed E-state index contributed by atoms with van der Waals surface area (Å²) < 4.78 is 0. The summed E-state index contributed by atoms with van der Waals surface area (Å²) in [6.45, 7) is 2.19. The second-order valence-corrected chi connectivity index (χ2v) is 5.69. The summed E-state index contributed by atoms with van der Waals surface area (Å²) in [5, 5.41) is 10.8. The number of hydrogen-bond donors (Lipinski definition) is 1. The van der Waals surface area contributed by atoms with Crippen LogP contribution in [-0.4, -0.2) is 30.1 Å². The number of allylic oxidation sites excluding steroid dienone is 1. The third-order valence-electron chi connectivity index (χ3n) is 4.14. The minimum Gasteiger partial charge on any atom is -0.388 e. The van der Waals surface area contributed by atoms with Crippen LogP contribution in [0.25, 0.3) is 0 Å². The number of hydrogen-bond acceptors (Lipinski definition) is 2. The summed E-state index contributed by atoms with van der Waals surface area (Å²) in [7, 11) is 4.16. The molecule has 0 radical (unpaired) electrons. The second kappa shape index (κ2) is 5.25. The highest BCUT2D eigenvalue weighted by molar-refractivity contribution is 5.22. The Morgan fingerprint density at radius 1 is 1.28 bits per heavy atom. The summed E-state index contributed by atoms with van der Waals surface area (Å²) >= 11 is 0. The summed E-state index contributed by atoms with van der Waals surface area (Å²) in [4.78, 5) is 2.20. The van der Waals surface area contributed by atoms with Gasteiger partial charge in [0.15, 0.2) is 0 Å². The van der Waals surface area contributed by atoms with Crippen LogP contribution < -0.4 is 0 Å². The van der Waals surface area contributed by atoms with E-state index in [4.69, 9.17) is 0 Å². The summed E-state index contributed by atoms with van der Waals surface area (Å²) in [5.74, 6) is 0. The van der Waals surface area contributed by atoms with Crippen molar-refractivity contribution >= 4 is 0 Å². The first-order valence-corrected chi connectivity index (χ1v) is 6.62. The standard InChI is InChI=1S/C16H23NO/c1-16(12-8-7-11-14(16)17(2)3)15(18)13-9-5-4-6-10-13/h4-7,9-11,14-15,18H,8,12H2,1-3H3/t14-,15+,16+/m1/s1. The van der Waals surface area contributed by atoms with Crippen LogP contribution in [0.1, 0.15) is 31.4 Å². The van der Waals surface area contributed by atoms with Gasteiger partial charge in [0, 0.05) is 11.5 Å². The van der Waals surface area contributed by atoms with Gasteiger partial charge in [0.05, 0.1) is 6.10 Å². The molecule has 0 saturated carbocycles. The zero-order valence-corrected chi connectivity index (χ0v) is 11.5. The van der Waals surface area contributed by atoms with Crippen molar-refractivity contribution in [3.05, 3.63) is 48.0 Å². The van der Waals surface area contributed by atoms with Crippen LogP contribution in [0.5, 0.6) is 0 Å². The van der Waals surface area contributed by atoms with Gasteiger partial charge in [-0.1, -0.05) is 49.4 Å². The molecule has 0 fully saturated rings. The Kier molecular flexibility index (Phi) is 3.88. The predicted molar refractivity (Wildman–Crippen MR) is 75.4 cm³/mol. The fourth-order valence-electron chi connectivity index (χ4n) is 3.06. The fraction of sp³-hybridized carbons (Fsp3) is 0.500. The zero-order valence-electron chi connectivity index (χ0n) is 11.5. The van der Waals surface area contributed by atoms with Gasteiger partial charge in [0.2, 0.25) is 0 Å². The van der Waals surface area contributed by atoms with Crippen LogP contribution in [0.3, 0.4) is 0 Å². The average Bonchev–Trinajstić information content (AvgIpc) is 2.39. The van der Waals surface area contributed by atoms with Gasteiger partial charge < -0.3 is 10.0 Å². The number of aliphatic hydroxyl groups is 1. The second-order valence-electron chi connectivity index (χ2n) is 5.69.